The second-order valence-electron chi connectivity index (χ2n) is 7.52. The summed E-state index contributed by atoms with van der Waals surface area (Å²) in [5, 5.41) is 10.7. The molecule has 0 bridgehead atoms. The number of rotatable bonds is 5. The van der Waals surface area contributed by atoms with Gasteiger partial charge in [0.2, 0.25) is 0 Å². The minimum atomic E-state index is 0.429. The Morgan fingerprint density at radius 2 is 1.73 bits per heavy atom. The summed E-state index contributed by atoms with van der Waals surface area (Å²) in [6.45, 7) is 0.429. The molecule has 3 aromatic carbocycles. The van der Waals surface area contributed by atoms with Crippen LogP contribution in [-0.4, -0.2) is 29.4 Å². The topological polar surface area (TPSA) is 70.1 Å². The molecule has 0 N–H and O–H groups in total. The summed E-state index contributed by atoms with van der Waals surface area (Å²) in [6.07, 6.45) is 3.45. The second kappa shape index (κ2) is 8.03. The number of halogens is 1. The molecule has 0 radical (unpaired) electrons. The van der Waals surface area contributed by atoms with E-state index in [1.807, 2.05) is 78.9 Å². The minimum absolute atomic E-state index is 0.429. The molecule has 0 unspecified atom stereocenters. The summed E-state index contributed by atoms with van der Waals surface area (Å²) in [7, 11) is 0. The summed E-state index contributed by atoms with van der Waals surface area (Å²) >= 11 is 5.94. The van der Waals surface area contributed by atoms with Crippen molar-refractivity contribution < 1.29 is 4.74 Å². The SMILES string of the molecule is Clc1ccc(OCc2cccc(-c3nc4c5cnn(-c6ccccc6)c5ncn4n3)c2)cc1. The fourth-order valence-electron chi connectivity index (χ4n) is 3.70. The van der Waals surface area contributed by atoms with Gasteiger partial charge in [-0.1, -0.05) is 48.0 Å². The Labute approximate surface area is 193 Å². The normalized spacial score (nSPS) is 11.3. The molecule has 0 spiro atoms. The van der Waals surface area contributed by atoms with E-state index in [0.29, 0.717) is 23.1 Å². The van der Waals surface area contributed by atoms with Gasteiger partial charge in [-0.2, -0.15) is 5.10 Å². The molecule has 0 aliphatic carbocycles. The molecule has 6 aromatic rings. The van der Waals surface area contributed by atoms with E-state index in [0.717, 1.165) is 33.6 Å². The van der Waals surface area contributed by atoms with Gasteiger partial charge in [-0.3, -0.25) is 0 Å². The van der Waals surface area contributed by atoms with Gasteiger partial charge in [0.1, 0.15) is 18.7 Å². The number of para-hydroxylation sites is 1. The van der Waals surface area contributed by atoms with E-state index in [4.69, 9.17) is 21.3 Å². The van der Waals surface area contributed by atoms with Crippen LogP contribution in [0.4, 0.5) is 0 Å². The lowest BCUT2D eigenvalue weighted by molar-refractivity contribution is 0.306. The maximum absolute atomic E-state index is 5.94. The molecule has 7 nitrogen and oxygen atoms in total. The van der Waals surface area contributed by atoms with Gasteiger partial charge >= 0.3 is 0 Å². The van der Waals surface area contributed by atoms with Gasteiger partial charge in [0.25, 0.3) is 0 Å². The smallest absolute Gasteiger partial charge is 0.182 e. The quantitative estimate of drug-likeness (QED) is 0.352. The van der Waals surface area contributed by atoms with Crippen LogP contribution in [0.2, 0.25) is 5.02 Å². The van der Waals surface area contributed by atoms with Gasteiger partial charge < -0.3 is 4.74 Å². The third-order valence-corrected chi connectivity index (χ3v) is 5.56. The molecule has 0 fully saturated rings. The lowest BCUT2D eigenvalue weighted by Gasteiger charge is -2.07. The van der Waals surface area contributed by atoms with Gasteiger partial charge in [0, 0.05) is 10.6 Å². The molecule has 0 aliphatic heterocycles. The lowest BCUT2D eigenvalue weighted by Crippen LogP contribution is -1.98. The molecule has 8 heteroatoms. The van der Waals surface area contributed by atoms with E-state index in [9.17, 15) is 0 Å². The number of hydrogen-bond acceptors (Lipinski definition) is 5. The first-order valence-electron chi connectivity index (χ1n) is 10.4. The standard InChI is InChI=1S/C25H17ClN6O/c26-19-9-11-21(12-10-19)33-15-17-5-4-6-18(13-17)23-29-25-22-14-28-32(20-7-2-1-3-8-20)24(22)27-16-31(25)30-23/h1-14,16H,15H2. The first-order valence-corrected chi connectivity index (χ1v) is 10.7. The van der Waals surface area contributed by atoms with Crippen LogP contribution in [0.15, 0.2) is 91.4 Å². The average molecular weight is 453 g/mol. The molecule has 0 aliphatic rings. The maximum atomic E-state index is 5.94. The second-order valence-corrected chi connectivity index (χ2v) is 7.96. The van der Waals surface area contributed by atoms with Gasteiger partial charge in [-0.15, -0.1) is 5.10 Å². The molecule has 3 heterocycles. The van der Waals surface area contributed by atoms with Crippen molar-refractivity contribution >= 4 is 28.3 Å². The van der Waals surface area contributed by atoms with E-state index < -0.39 is 0 Å². The molecule has 0 saturated carbocycles. The summed E-state index contributed by atoms with van der Waals surface area (Å²) in [5.41, 5.74) is 4.30. The number of hydrogen-bond donors (Lipinski definition) is 0. The van der Waals surface area contributed by atoms with Crippen LogP contribution in [0.25, 0.3) is 33.8 Å². The fourth-order valence-corrected chi connectivity index (χ4v) is 3.82. The number of benzene rings is 3. The van der Waals surface area contributed by atoms with Crippen molar-refractivity contribution in [1.82, 2.24) is 29.4 Å². The van der Waals surface area contributed by atoms with Crippen molar-refractivity contribution in [2.24, 2.45) is 0 Å². The predicted molar refractivity (Wildman–Crippen MR) is 127 cm³/mol. The van der Waals surface area contributed by atoms with E-state index in [1.165, 1.54) is 0 Å². The van der Waals surface area contributed by atoms with Crippen molar-refractivity contribution in [3.63, 3.8) is 0 Å². The molecule has 33 heavy (non-hydrogen) atoms. The Morgan fingerprint density at radius 1 is 0.879 bits per heavy atom. The van der Waals surface area contributed by atoms with Crippen LogP contribution < -0.4 is 4.74 Å². The highest BCUT2D eigenvalue weighted by Crippen LogP contribution is 2.24. The zero-order chi connectivity index (χ0) is 22.2. The summed E-state index contributed by atoms with van der Waals surface area (Å²) in [5.74, 6) is 1.38. The summed E-state index contributed by atoms with van der Waals surface area (Å²) in [6, 6.07) is 25.2. The van der Waals surface area contributed by atoms with Gasteiger partial charge in [0.05, 0.1) is 17.3 Å². The van der Waals surface area contributed by atoms with Crippen LogP contribution in [-0.2, 0) is 6.61 Å². The Morgan fingerprint density at radius 3 is 2.58 bits per heavy atom. The van der Waals surface area contributed by atoms with Crippen LogP contribution in [0, 0.1) is 0 Å². The summed E-state index contributed by atoms with van der Waals surface area (Å²) in [4.78, 5) is 9.36. The number of ether oxygens (including phenoxy) is 1. The number of aromatic nitrogens is 6. The molecule has 6 rings (SSSR count). The Bertz CT molecular complexity index is 1570. The molecule has 160 valence electrons. The summed E-state index contributed by atoms with van der Waals surface area (Å²) < 4.78 is 9.36. The lowest BCUT2D eigenvalue weighted by atomic mass is 10.1. The number of nitrogens with zero attached hydrogens (tertiary/aromatic N) is 6. The predicted octanol–water partition coefficient (Wildman–Crippen LogP) is 5.36. The molecular weight excluding hydrogens is 436 g/mol. The van der Waals surface area contributed by atoms with Crippen LogP contribution in [0.5, 0.6) is 5.75 Å². The van der Waals surface area contributed by atoms with Gasteiger partial charge in [-0.25, -0.2) is 19.2 Å². The third-order valence-electron chi connectivity index (χ3n) is 5.31. The van der Waals surface area contributed by atoms with E-state index in [1.54, 1.807) is 21.7 Å². The first-order chi connectivity index (χ1) is 16.2. The zero-order valence-corrected chi connectivity index (χ0v) is 18.1. The first kappa shape index (κ1) is 19.5. The molecule has 0 atom stereocenters. The fraction of sp³-hybridized carbons (Fsp3) is 0.0400. The Balaban J connectivity index is 1.32. The van der Waals surface area contributed by atoms with E-state index >= 15 is 0 Å². The molecular formula is C25H17ClN6O. The van der Waals surface area contributed by atoms with Crippen LogP contribution in [0.3, 0.4) is 0 Å². The van der Waals surface area contributed by atoms with Crippen molar-refractivity contribution in [2.75, 3.05) is 0 Å². The van der Waals surface area contributed by atoms with Crippen molar-refractivity contribution in [3.8, 4) is 22.8 Å². The molecule has 3 aromatic heterocycles. The average Bonchev–Trinajstić information content (AvgIpc) is 3.49. The number of fused-ring (bicyclic) bond motifs is 3. The molecule has 0 saturated heterocycles. The Hall–Kier alpha value is -4.23. The largest absolute Gasteiger partial charge is 0.489 e. The van der Waals surface area contributed by atoms with Gasteiger partial charge in [0.15, 0.2) is 17.1 Å². The monoisotopic (exact) mass is 452 g/mol. The van der Waals surface area contributed by atoms with Crippen molar-refractivity contribution in [1.29, 1.82) is 0 Å². The zero-order valence-electron chi connectivity index (χ0n) is 17.3. The molecule has 0 amide bonds. The van der Waals surface area contributed by atoms with E-state index in [-0.39, 0.29) is 0 Å². The minimum Gasteiger partial charge on any atom is -0.489 e. The highest BCUT2D eigenvalue weighted by molar-refractivity contribution is 6.30. The Kier molecular flexibility index (Phi) is 4.74. The highest BCUT2D eigenvalue weighted by atomic mass is 35.5. The maximum Gasteiger partial charge on any atom is 0.182 e. The van der Waals surface area contributed by atoms with Crippen LogP contribution in [0.1, 0.15) is 5.56 Å². The van der Waals surface area contributed by atoms with Crippen molar-refractivity contribution in [3.05, 3.63) is 102 Å². The highest BCUT2D eigenvalue weighted by Gasteiger charge is 2.14. The third kappa shape index (κ3) is 3.68. The van der Waals surface area contributed by atoms with Crippen LogP contribution >= 0.6 is 11.6 Å². The van der Waals surface area contributed by atoms with Gasteiger partial charge in [-0.05, 0) is 48.0 Å². The van der Waals surface area contributed by atoms with E-state index in [2.05, 4.69) is 15.2 Å². The van der Waals surface area contributed by atoms with Crippen molar-refractivity contribution in [2.45, 2.75) is 6.61 Å².